The number of aromatic hydroxyl groups is 1. The van der Waals surface area contributed by atoms with Gasteiger partial charge in [-0.15, -0.1) is 0 Å². The van der Waals surface area contributed by atoms with Gasteiger partial charge in [-0.1, -0.05) is 12.1 Å². The molecule has 1 aliphatic carbocycles. The highest BCUT2D eigenvalue weighted by molar-refractivity contribution is 5.82. The van der Waals surface area contributed by atoms with E-state index in [4.69, 9.17) is 0 Å². The van der Waals surface area contributed by atoms with Crippen LogP contribution in [0.5, 0.6) is 5.75 Å². The maximum Gasteiger partial charge on any atom is 0.269 e. The lowest BCUT2D eigenvalue weighted by Crippen LogP contribution is -1.89. The maximum absolute atomic E-state index is 10.7. The minimum atomic E-state index is -0.400. The fourth-order valence-electron chi connectivity index (χ4n) is 2.33. The lowest BCUT2D eigenvalue weighted by molar-refractivity contribution is -0.384. The van der Waals surface area contributed by atoms with Crippen molar-refractivity contribution >= 4 is 5.69 Å². The molecule has 0 unspecified atom stereocenters. The van der Waals surface area contributed by atoms with Crippen LogP contribution in [0.1, 0.15) is 11.1 Å². The average molecular weight is 227 g/mol. The van der Waals surface area contributed by atoms with Crippen molar-refractivity contribution in [2.75, 3.05) is 0 Å². The highest BCUT2D eigenvalue weighted by Gasteiger charge is 2.23. The predicted octanol–water partition coefficient (Wildman–Crippen LogP) is 2.87. The van der Waals surface area contributed by atoms with E-state index in [1.807, 2.05) is 6.07 Å². The highest BCUT2D eigenvalue weighted by atomic mass is 16.6. The Morgan fingerprint density at radius 1 is 1.18 bits per heavy atom. The summed E-state index contributed by atoms with van der Waals surface area (Å²) in [7, 11) is 0. The summed E-state index contributed by atoms with van der Waals surface area (Å²) in [6.07, 6.45) is 0.640. The van der Waals surface area contributed by atoms with Gasteiger partial charge in [0.05, 0.1) is 4.92 Å². The molecule has 0 amide bonds. The molecule has 1 aliphatic rings. The minimum absolute atomic E-state index is 0.0936. The molecule has 2 aromatic rings. The molecule has 0 bridgehead atoms. The van der Waals surface area contributed by atoms with Crippen LogP contribution in [0.15, 0.2) is 36.4 Å². The van der Waals surface area contributed by atoms with Crippen LogP contribution < -0.4 is 0 Å². The number of non-ortho nitro benzene ring substituents is 1. The zero-order valence-corrected chi connectivity index (χ0v) is 8.88. The summed E-state index contributed by atoms with van der Waals surface area (Å²) < 4.78 is 0. The summed E-state index contributed by atoms with van der Waals surface area (Å²) >= 11 is 0. The number of nitrogens with zero attached hydrogens (tertiary/aromatic N) is 1. The van der Waals surface area contributed by atoms with Crippen molar-refractivity contribution in [3.05, 3.63) is 57.6 Å². The summed E-state index contributed by atoms with van der Waals surface area (Å²) in [5.74, 6) is 0.232. The lowest BCUT2D eigenvalue weighted by Gasteiger charge is -2.03. The predicted molar refractivity (Wildman–Crippen MR) is 63.0 cm³/mol. The van der Waals surface area contributed by atoms with Gasteiger partial charge in [0.25, 0.3) is 5.69 Å². The van der Waals surface area contributed by atoms with Gasteiger partial charge in [-0.2, -0.15) is 0 Å². The SMILES string of the molecule is O=[N+]([O-])c1ccc2c(c1)Cc1cccc(O)c1-2. The summed E-state index contributed by atoms with van der Waals surface area (Å²) in [6.45, 7) is 0. The van der Waals surface area contributed by atoms with Crippen molar-refractivity contribution in [1.82, 2.24) is 0 Å². The number of nitro groups is 1. The van der Waals surface area contributed by atoms with Gasteiger partial charge in [0.1, 0.15) is 5.75 Å². The zero-order chi connectivity index (χ0) is 12.0. The number of rotatable bonds is 1. The normalized spacial score (nSPS) is 12.0. The number of phenols is 1. The van der Waals surface area contributed by atoms with Crippen LogP contribution in [-0.2, 0) is 6.42 Å². The summed E-state index contributed by atoms with van der Waals surface area (Å²) in [5, 5.41) is 20.5. The monoisotopic (exact) mass is 227 g/mol. The van der Waals surface area contributed by atoms with E-state index in [1.165, 1.54) is 6.07 Å². The fourth-order valence-corrected chi connectivity index (χ4v) is 2.33. The Kier molecular flexibility index (Phi) is 1.92. The van der Waals surface area contributed by atoms with Crippen LogP contribution in [0.25, 0.3) is 11.1 Å². The quantitative estimate of drug-likeness (QED) is 0.513. The number of benzene rings is 2. The molecule has 3 rings (SSSR count). The molecule has 0 saturated carbocycles. The van der Waals surface area contributed by atoms with Gasteiger partial charge in [0.2, 0.25) is 0 Å². The smallest absolute Gasteiger partial charge is 0.269 e. The van der Waals surface area contributed by atoms with E-state index in [0.29, 0.717) is 6.42 Å². The van der Waals surface area contributed by atoms with E-state index in [2.05, 4.69) is 0 Å². The van der Waals surface area contributed by atoms with Gasteiger partial charge in [0, 0.05) is 17.7 Å². The van der Waals surface area contributed by atoms with Crippen molar-refractivity contribution in [2.24, 2.45) is 0 Å². The number of phenolic OH excluding ortho intramolecular Hbond substituents is 1. The van der Waals surface area contributed by atoms with Gasteiger partial charge in [-0.25, -0.2) is 0 Å². The second kappa shape index (κ2) is 3.31. The molecule has 4 nitrogen and oxygen atoms in total. The van der Waals surface area contributed by atoms with Crippen LogP contribution in [-0.4, -0.2) is 10.0 Å². The molecule has 0 fully saturated rings. The van der Waals surface area contributed by atoms with Gasteiger partial charge < -0.3 is 5.11 Å². The van der Waals surface area contributed by atoms with Crippen LogP contribution in [0, 0.1) is 10.1 Å². The van der Waals surface area contributed by atoms with Gasteiger partial charge in [0.15, 0.2) is 0 Å². The topological polar surface area (TPSA) is 63.4 Å². The summed E-state index contributed by atoms with van der Waals surface area (Å²) in [5.41, 5.74) is 3.70. The second-order valence-corrected chi connectivity index (χ2v) is 4.09. The van der Waals surface area contributed by atoms with Crippen LogP contribution in [0.4, 0.5) is 5.69 Å². The third kappa shape index (κ3) is 1.38. The Hall–Kier alpha value is -2.36. The molecule has 0 atom stereocenters. The third-order valence-electron chi connectivity index (χ3n) is 3.08. The number of hydrogen-bond acceptors (Lipinski definition) is 3. The second-order valence-electron chi connectivity index (χ2n) is 4.09. The van der Waals surface area contributed by atoms with E-state index in [0.717, 1.165) is 22.3 Å². The first-order chi connectivity index (χ1) is 8.16. The molecular weight excluding hydrogens is 218 g/mol. The summed E-state index contributed by atoms with van der Waals surface area (Å²) in [6, 6.07) is 10.1. The first-order valence-electron chi connectivity index (χ1n) is 5.25. The Morgan fingerprint density at radius 3 is 2.76 bits per heavy atom. The Labute approximate surface area is 97.3 Å². The zero-order valence-electron chi connectivity index (χ0n) is 8.88. The van der Waals surface area contributed by atoms with Crippen molar-refractivity contribution in [2.45, 2.75) is 6.42 Å². The molecular formula is C13H9NO3. The minimum Gasteiger partial charge on any atom is -0.507 e. The van der Waals surface area contributed by atoms with Gasteiger partial charge in [-0.3, -0.25) is 10.1 Å². The third-order valence-corrected chi connectivity index (χ3v) is 3.08. The van der Waals surface area contributed by atoms with Gasteiger partial charge in [-0.05, 0) is 35.2 Å². The number of hydrogen-bond donors (Lipinski definition) is 1. The molecule has 4 heteroatoms. The van der Waals surface area contributed by atoms with Crippen LogP contribution in [0.2, 0.25) is 0 Å². The Morgan fingerprint density at radius 2 is 2.00 bits per heavy atom. The van der Waals surface area contributed by atoms with Crippen molar-refractivity contribution in [3.63, 3.8) is 0 Å². The van der Waals surface area contributed by atoms with Crippen LogP contribution >= 0.6 is 0 Å². The maximum atomic E-state index is 10.7. The van der Waals surface area contributed by atoms with Crippen LogP contribution in [0.3, 0.4) is 0 Å². The molecule has 0 heterocycles. The lowest BCUT2D eigenvalue weighted by atomic mass is 10.0. The summed E-state index contributed by atoms with van der Waals surface area (Å²) in [4.78, 5) is 10.3. The number of nitro benzene ring substituents is 1. The molecule has 0 spiro atoms. The molecule has 0 aliphatic heterocycles. The Balaban J connectivity index is 2.21. The standard InChI is InChI=1S/C13H9NO3/c15-12-3-1-2-8-6-9-7-10(14(16)17)4-5-11(9)13(8)12/h1-5,7,15H,6H2. The average Bonchev–Trinajstić information content (AvgIpc) is 2.67. The molecule has 0 radical (unpaired) electrons. The first-order valence-corrected chi connectivity index (χ1v) is 5.25. The Bertz CT molecular complexity index is 635. The molecule has 84 valence electrons. The van der Waals surface area contributed by atoms with E-state index < -0.39 is 4.92 Å². The van der Waals surface area contributed by atoms with E-state index >= 15 is 0 Å². The highest BCUT2D eigenvalue weighted by Crippen LogP contribution is 2.42. The number of fused-ring (bicyclic) bond motifs is 3. The van der Waals surface area contributed by atoms with Crippen molar-refractivity contribution < 1.29 is 10.0 Å². The molecule has 2 aromatic carbocycles. The largest absolute Gasteiger partial charge is 0.507 e. The fraction of sp³-hybridized carbons (Fsp3) is 0.0769. The van der Waals surface area contributed by atoms with Crippen molar-refractivity contribution in [1.29, 1.82) is 0 Å². The first kappa shape index (κ1) is 9.84. The van der Waals surface area contributed by atoms with Gasteiger partial charge >= 0.3 is 0 Å². The van der Waals surface area contributed by atoms with E-state index in [1.54, 1.807) is 24.3 Å². The van der Waals surface area contributed by atoms with E-state index in [-0.39, 0.29) is 11.4 Å². The molecule has 0 aromatic heterocycles. The molecule has 0 saturated heterocycles. The van der Waals surface area contributed by atoms with E-state index in [9.17, 15) is 15.2 Å². The molecule has 1 N–H and O–H groups in total. The molecule has 17 heavy (non-hydrogen) atoms. The van der Waals surface area contributed by atoms with Crippen molar-refractivity contribution in [3.8, 4) is 16.9 Å².